The van der Waals surface area contributed by atoms with Gasteiger partial charge in [0.15, 0.2) is 0 Å². The van der Waals surface area contributed by atoms with Crippen molar-refractivity contribution < 1.29 is 9.72 Å². The summed E-state index contributed by atoms with van der Waals surface area (Å²) >= 11 is 0. The molecule has 2 aromatic carbocycles. The van der Waals surface area contributed by atoms with Gasteiger partial charge in [0.2, 0.25) is 0 Å². The first-order valence-corrected chi connectivity index (χ1v) is 8.11. The minimum Gasteiger partial charge on any atom is -0.346 e. The lowest BCUT2D eigenvalue weighted by Crippen LogP contribution is -2.26. The van der Waals surface area contributed by atoms with E-state index >= 15 is 0 Å². The van der Waals surface area contributed by atoms with Crippen LogP contribution in [-0.2, 0) is 0 Å². The predicted molar refractivity (Wildman–Crippen MR) is 97.3 cm³/mol. The number of aromatic nitrogens is 2. The molecule has 0 spiro atoms. The molecule has 0 saturated carbocycles. The van der Waals surface area contributed by atoms with Crippen molar-refractivity contribution in [3.05, 3.63) is 88.0 Å². The number of non-ortho nitro benzene ring substituents is 1. The summed E-state index contributed by atoms with van der Waals surface area (Å²) in [6.45, 7) is 3.79. The van der Waals surface area contributed by atoms with Gasteiger partial charge < -0.3 is 9.88 Å². The van der Waals surface area contributed by atoms with E-state index in [1.807, 2.05) is 48.9 Å². The maximum Gasteiger partial charge on any atom is 0.270 e. The van der Waals surface area contributed by atoms with Crippen molar-refractivity contribution in [2.75, 3.05) is 0 Å². The van der Waals surface area contributed by atoms with Crippen molar-refractivity contribution in [3.63, 3.8) is 0 Å². The first-order valence-electron chi connectivity index (χ1n) is 8.11. The Morgan fingerprint density at radius 1 is 1.23 bits per heavy atom. The molecule has 1 atom stereocenters. The van der Waals surface area contributed by atoms with E-state index in [4.69, 9.17) is 0 Å². The van der Waals surface area contributed by atoms with Crippen molar-refractivity contribution in [1.82, 2.24) is 14.9 Å². The predicted octanol–water partition coefficient (Wildman–Crippen LogP) is 3.58. The maximum atomic E-state index is 12.4. The Balaban J connectivity index is 1.72. The van der Waals surface area contributed by atoms with E-state index in [2.05, 4.69) is 10.3 Å². The summed E-state index contributed by atoms with van der Waals surface area (Å²) in [5.74, 6) is 0.542. The molecule has 0 aliphatic heterocycles. The number of amides is 1. The van der Waals surface area contributed by atoms with Crippen molar-refractivity contribution in [1.29, 1.82) is 0 Å². The number of aryl methyl sites for hydroxylation is 1. The molecule has 0 fully saturated rings. The van der Waals surface area contributed by atoms with Crippen LogP contribution < -0.4 is 5.32 Å². The van der Waals surface area contributed by atoms with Crippen LogP contribution in [0.25, 0.3) is 5.69 Å². The quantitative estimate of drug-likeness (QED) is 0.562. The number of carbonyl (C=O) groups excluding carboxylic acids is 1. The highest BCUT2D eigenvalue weighted by atomic mass is 16.6. The molecule has 0 bridgehead atoms. The topological polar surface area (TPSA) is 90.1 Å². The molecule has 1 heterocycles. The third kappa shape index (κ3) is 3.61. The summed E-state index contributed by atoms with van der Waals surface area (Å²) in [6, 6.07) is 13.2. The number of nitrogens with zero attached hydrogens (tertiary/aromatic N) is 3. The average molecular weight is 350 g/mol. The smallest absolute Gasteiger partial charge is 0.270 e. The van der Waals surface area contributed by atoms with E-state index in [1.54, 1.807) is 12.3 Å². The second-order valence-corrected chi connectivity index (χ2v) is 5.94. The fraction of sp³-hybridized carbons (Fsp3) is 0.158. The summed E-state index contributed by atoms with van der Waals surface area (Å²) in [7, 11) is 0. The third-order valence-electron chi connectivity index (χ3n) is 4.16. The number of nitrogens with one attached hydrogen (secondary N) is 1. The number of carbonyl (C=O) groups is 1. The van der Waals surface area contributed by atoms with Gasteiger partial charge in [0.25, 0.3) is 11.6 Å². The molecule has 7 heteroatoms. The fourth-order valence-corrected chi connectivity index (χ4v) is 2.70. The Bertz CT molecular complexity index is 947. The number of imidazole rings is 1. The minimum absolute atomic E-state index is 0.106. The Morgan fingerprint density at radius 2 is 1.96 bits per heavy atom. The zero-order valence-corrected chi connectivity index (χ0v) is 14.4. The lowest BCUT2D eigenvalue weighted by molar-refractivity contribution is -0.384. The molecular formula is C19H18N4O3. The molecule has 0 unspecified atom stereocenters. The Kier molecular flexibility index (Phi) is 4.79. The van der Waals surface area contributed by atoms with Crippen molar-refractivity contribution in [3.8, 4) is 5.69 Å². The fourth-order valence-electron chi connectivity index (χ4n) is 2.70. The molecular weight excluding hydrogens is 332 g/mol. The van der Waals surface area contributed by atoms with Gasteiger partial charge in [-0.1, -0.05) is 18.2 Å². The van der Waals surface area contributed by atoms with Crippen LogP contribution in [0.2, 0.25) is 0 Å². The minimum atomic E-state index is -0.517. The van der Waals surface area contributed by atoms with Crippen LogP contribution >= 0.6 is 0 Å². The monoisotopic (exact) mass is 350 g/mol. The molecule has 1 aromatic heterocycles. The molecule has 132 valence electrons. The standard InChI is InChI=1S/C19H18N4O3/c1-13(21-19(24)16-4-3-5-18(12-16)23(25)26)15-6-8-17(9-7-15)22-11-10-20-14(22)2/h3-13H,1-2H3,(H,21,24)/t13-/m1/s1. The molecule has 26 heavy (non-hydrogen) atoms. The summed E-state index contributed by atoms with van der Waals surface area (Å²) in [5, 5.41) is 13.7. The second kappa shape index (κ2) is 7.18. The summed E-state index contributed by atoms with van der Waals surface area (Å²) in [5.41, 5.74) is 2.08. The lowest BCUT2D eigenvalue weighted by atomic mass is 10.1. The molecule has 1 amide bonds. The van der Waals surface area contributed by atoms with Gasteiger partial charge in [0, 0.05) is 35.8 Å². The molecule has 3 aromatic rings. The van der Waals surface area contributed by atoms with E-state index in [0.717, 1.165) is 17.1 Å². The molecule has 0 aliphatic rings. The SMILES string of the molecule is Cc1nccn1-c1ccc([C@@H](C)NC(=O)c2cccc([N+](=O)[O-])c2)cc1. The zero-order valence-electron chi connectivity index (χ0n) is 14.4. The highest BCUT2D eigenvalue weighted by Crippen LogP contribution is 2.18. The van der Waals surface area contributed by atoms with E-state index in [1.165, 1.54) is 18.2 Å². The van der Waals surface area contributed by atoms with Gasteiger partial charge in [0.1, 0.15) is 5.82 Å². The number of rotatable bonds is 5. The largest absolute Gasteiger partial charge is 0.346 e. The highest BCUT2D eigenvalue weighted by molar-refractivity contribution is 5.95. The molecule has 0 radical (unpaired) electrons. The van der Waals surface area contributed by atoms with Gasteiger partial charge in [-0.05, 0) is 37.6 Å². The van der Waals surface area contributed by atoms with Gasteiger partial charge in [-0.25, -0.2) is 4.98 Å². The zero-order chi connectivity index (χ0) is 18.7. The summed E-state index contributed by atoms with van der Waals surface area (Å²) in [6.07, 6.45) is 3.63. The van der Waals surface area contributed by atoms with Crippen LogP contribution in [0, 0.1) is 17.0 Å². The van der Waals surface area contributed by atoms with Gasteiger partial charge in [-0.15, -0.1) is 0 Å². The van der Waals surface area contributed by atoms with Gasteiger partial charge in [0.05, 0.1) is 11.0 Å². The van der Waals surface area contributed by atoms with Crippen molar-refractivity contribution >= 4 is 11.6 Å². The lowest BCUT2D eigenvalue weighted by Gasteiger charge is -2.15. The first-order chi connectivity index (χ1) is 12.5. The van der Waals surface area contributed by atoms with Crippen LogP contribution in [-0.4, -0.2) is 20.4 Å². The third-order valence-corrected chi connectivity index (χ3v) is 4.16. The van der Waals surface area contributed by atoms with E-state index in [-0.39, 0.29) is 23.2 Å². The van der Waals surface area contributed by atoms with Crippen LogP contribution in [0.5, 0.6) is 0 Å². The number of hydrogen-bond acceptors (Lipinski definition) is 4. The second-order valence-electron chi connectivity index (χ2n) is 5.94. The number of nitro benzene ring substituents is 1. The molecule has 0 saturated heterocycles. The Labute approximate surface area is 150 Å². The van der Waals surface area contributed by atoms with Crippen molar-refractivity contribution in [2.45, 2.75) is 19.9 Å². The van der Waals surface area contributed by atoms with Crippen LogP contribution in [0.3, 0.4) is 0 Å². The summed E-state index contributed by atoms with van der Waals surface area (Å²) < 4.78 is 1.97. The van der Waals surface area contributed by atoms with Crippen LogP contribution in [0.4, 0.5) is 5.69 Å². The van der Waals surface area contributed by atoms with Gasteiger partial charge in [-0.2, -0.15) is 0 Å². The highest BCUT2D eigenvalue weighted by Gasteiger charge is 2.14. The van der Waals surface area contributed by atoms with Gasteiger partial charge in [-0.3, -0.25) is 14.9 Å². The van der Waals surface area contributed by atoms with Crippen molar-refractivity contribution in [2.24, 2.45) is 0 Å². The Morgan fingerprint density at radius 3 is 2.58 bits per heavy atom. The number of hydrogen-bond donors (Lipinski definition) is 1. The number of nitro groups is 1. The van der Waals surface area contributed by atoms with E-state index in [9.17, 15) is 14.9 Å². The first kappa shape index (κ1) is 17.3. The molecule has 0 aliphatic carbocycles. The Hall–Kier alpha value is -3.48. The molecule has 7 nitrogen and oxygen atoms in total. The van der Waals surface area contributed by atoms with E-state index < -0.39 is 4.92 Å². The number of benzene rings is 2. The summed E-state index contributed by atoms with van der Waals surface area (Å²) in [4.78, 5) is 26.9. The maximum absolute atomic E-state index is 12.4. The van der Waals surface area contributed by atoms with Crippen LogP contribution in [0.15, 0.2) is 60.9 Å². The van der Waals surface area contributed by atoms with Gasteiger partial charge >= 0.3 is 0 Å². The normalized spacial score (nSPS) is 11.8. The van der Waals surface area contributed by atoms with Crippen LogP contribution in [0.1, 0.15) is 34.7 Å². The molecule has 1 N–H and O–H groups in total. The average Bonchev–Trinajstić information content (AvgIpc) is 3.07. The molecule has 3 rings (SSSR count). The van der Waals surface area contributed by atoms with E-state index in [0.29, 0.717) is 0 Å².